The van der Waals surface area contributed by atoms with Gasteiger partial charge in [-0.1, -0.05) is 12.5 Å². The van der Waals surface area contributed by atoms with Gasteiger partial charge >= 0.3 is 5.97 Å². The summed E-state index contributed by atoms with van der Waals surface area (Å²) in [6.07, 6.45) is 2.51. The van der Waals surface area contributed by atoms with E-state index in [1.165, 1.54) is 0 Å². The van der Waals surface area contributed by atoms with Crippen molar-refractivity contribution < 1.29 is 19.4 Å². The summed E-state index contributed by atoms with van der Waals surface area (Å²) in [5.74, 6) is -0.0976. The van der Waals surface area contributed by atoms with E-state index in [0.717, 1.165) is 18.4 Å². The molecule has 1 aromatic rings. The Morgan fingerprint density at radius 2 is 2.18 bits per heavy atom. The van der Waals surface area contributed by atoms with Crippen LogP contribution in [0.5, 0.6) is 5.75 Å². The van der Waals surface area contributed by atoms with Crippen molar-refractivity contribution in [1.82, 2.24) is 4.90 Å². The maximum Gasteiger partial charge on any atom is 0.311 e. The van der Waals surface area contributed by atoms with E-state index < -0.39 is 11.4 Å². The molecule has 1 amide bonds. The highest BCUT2D eigenvalue weighted by Crippen LogP contribution is 2.49. The van der Waals surface area contributed by atoms with Crippen molar-refractivity contribution >= 4 is 11.9 Å². The molecule has 1 N–H and O–H groups in total. The lowest BCUT2D eigenvalue weighted by Crippen LogP contribution is -2.37. The van der Waals surface area contributed by atoms with Crippen molar-refractivity contribution in [2.24, 2.45) is 11.3 Å². The first-order valence-corrected chi connectivity index (χ1v) is 7.65. The molecule has 0 spiro atoms. The smallest absolute Gasteiger partial charge is 0.311 e. The maximum atomic E-state index is 12.7. The van der Waals surface area contributed by atoms with Crippen LogP contribution in [-0.2, 0) is 4.79 Å². The van der Waals surface area contributed by atoms with Gasteiger partial charge in [0.05, 0.1) is 12.5 Å². The first-order valence-electron chi connectivity index (χ1n) is 7.65. The fourth-order valence-electron chi connectivity index (χ4n) is 3.93. The zero-order valence-electron chi connectivity index (χ0n) is 13.0. The third-order valence-electron chi connectivity index (χ3n) is 5.24. The maximum absolute atomic E-state index is 12.7. The molecule has 0 unspecified atom stereocenters. The summed E-state index contributed by atoms with van der Waals surface area (Å²) in [4.78, 5) is 26.1. The summed E-state index contributed by atoms with van der Waals surface area (Å²) in [5.41, 5.74) is 0.798. The molecule has 0 aromatic heterocycles. The quantitative estimate of drug-likeness (QED) is 0.930. The minimum absolute atomic E-state index is 0.0845. The Balaban J connectivity index is 1.84. The van der Waals surface area contributed by atoms with E-state index >= 15 is 0 Å². The van der Waals surface area contributed by atoms with E-state index in [1.807, 2.05) is 13.0 Å². The lowest BCUT2D eigenvalue weighted by atomic mass is 9.81. The Morgan fingerprint density at radius 1 is 1.41 bits per heavy atom. The lowest BCUT2D eigenvalue weighted by molar-refractivity contribution is -0.149. The Morgan fingerprint density at radius 3 is 2.82 bits per heavy atom. The van der Waals surface area contributed by atoms with Gasteiger partial charge in [-0.25, -0.2) is 0 Å². The van der Waals surface area contributed by atoms with E-state index in [9.17, 15) is 14.7 Å². The van der Waals surface area contributed by atoms with Crippen molar-refractivity contribution in [3.05, 3.63) is 29.3 Å². The number of likely N-dealkylation sites (tertiary alicyclic amines) is 1. The third kappa shape index (κ3) is 2.16. The monoisotopic (exact) mass is 303 g/mol. The van der Waals surface area contributed by atoms with Gasteiger partial charge in [0.15, 0.2) is 0 Å². The van der Waals surface area contributed by atoms with E-state index in [0.29, 0.717) is 30.8 Å². The van der Waals surface area contributed by atoms with Crippen molar-refractivity contribution in [2.45, 2.75) is 26.2 Å². The minimum atomic E-state index is -0.758. The second-order valence-electron chi connectivity index (χ2n) is 6.42. The number of aryl methyl sites for hydroxylation is 1. The van der Waals surface area contributed by atoms with E-state index in [-0.39, 0.29) is 11.8 Å². The van der Waals surface area contributed by atoms with Crippen LogP contribution in [0.3, 0.4) is 0 Å². The highest BCUT2D eigenvalue weighted by molar-refractivity contribution is 5.95. The SMILES string of the molecule is COc1cc(C(=O)N2C[C@@H]3CCC[C@@]3(C(=O)O)C2)ccc1C. The number of hydrogen-bond donors (Lipinski definition) is 1. The van der Waals surface area contributed by atoms with E-state index in [1.54, 1.807) is 24.1 Å². The molecule has 1 heterocycles. The van der Waals surface area contributed by atoms with Crippen LogP contribution in [0.2, 0.25) is 0 Å². The molecule has 3 rings (SSSR count). The molecule has 118 valence electrons. The van der Waals surface area contributed by atoms with Crippen molar-refractivity contribution in [3.8, 4) is 5.75 Å². The molecule has 1 aromatic carbocycles. The Hall–Kier alpha value is -2.04. The molecule has 2 aliphatic rings. The molecule has 22 heavy (non-hydrogen) atoms. The summed E-state index contributed by atoms with van der Waals surface area (Å²) in [6, 6.07) is 5.37. The van der Waals surface area contributed by atoms with Gasteiger partial charge in [0, 0.05) is 18.7 Å². The van der Waals surface area contributed by atoms with Crippen LogP contribution < -0.4 is 4.74 Å². The van der Waals surface area contributed by atoms with Crippen LogP contribution >= 0.6 is 0 Å². The molecule has 1 saturated heterocycles. The average molecular weight is 303 g/mol. The van der Waals surface area contributed by atoms with E-state index in [2.05, 4.69) is 0 Å². The molecule has 0 radical (unpaired) electrons. The van der Waals surface area contributed by atoms with Crippen LogP contribution in [0.4, 0.5) is 0 Å². The summed E-state index contributed by atoms with van der Waals surface area (Å²) < 4.78 is 5.27. The van der Waals surface area contributed by atoms with Gasteiger partial charge in [0.25, 0.3) is 5.91 Å². The van der Waals surface area contributed by atoms with Crippen LogP contribution in [0.25, 0.3) is 0 Å². The number of nitrogens with zero attached hydrogens (tertiary/aromatic N) is 1. The Kier molecular flexibility index (Phi) is 3.59. The number of rotatable bonds is 3. The highest BCUT2D eigenvalue weighted by Gasteiger charge is 2.55. The summed E-state index contributed by atoms with van der Waals surface area (Å²) >= 11 is 0. The number of aliphatic carboxylic acids is 1. The van der Waals surface area contributed by atoms with E-state index in [4.69, 9.17) is 4.74 Å². The van der Waals surface area contributed by atoms with Crippen LogP contribution in [0.1, 0.15) is 35.2 Å². The number of carboxylic acids is 1. The van der Waals surface area contributed by atoms with Gasteiger partial charge < -0.3 is 14.7 Å². The number of ether oxygens (including phenoxy) is 1. The molecule has 5 heteroatoms. The average Bonchev–Trinajstić information content (AvgIpc) is 3.05. The molecular formula is C17H21NO4. The normalized spacial score (nSPS) is 26.8. The third-order valence-corrected chi connectivity index (χ3v) is 5.24. The molecule has 0 bridgehead atoms. The molecule has 2 fully saturated rings. The van der Waals surface area contributed by atoms with Crippen molar-refractivity contribution in [2.75, 3.05) is 20.2 Å². The zero-order valence-corrected chi connectivity index (χ0v) is 13.0. The number of fused-ring (bicyclic) bond motifs is 1. The molecule has 1 saturated carbocycles. The largest absolute Gasteiger partial charge is 0.496 e. The molecule has 5 nitrogen and oxygen atoms in total. The standard InChI is InChI=1S/C17H21NO4/c1-11-5-6-12(8-14(11)22-2)15(19)18-9-13-4-3-7-17(13,10-18)16(20)21/h5-6,8,13H,3-4,7,9-10H2,1-2H3,(H,20,21)/t13-,17+/m0/s1. The van der Waals surface area contributed by atoms with Gasteiger partial charge in [-0.2, -0.15) is 0 Å². The van der Waals surface area contributed by atoms with Crippen LogP contribution in [-0.4, -0.2) is 42.1 Å². The zero-order chi connectivity index (χ0) is 15.9. The molecular weight excluding hydrogens is 282 g/mol. The summed E-state index contributed by atoms with van der Waals surface area (Å²) in [7, 11) is 1.58. The minimum Gasteiger partial charge on any atom is -0.496 e. The highest BCUT2D eigenvalue weighted by atomic mass is 16.5. The fourth-order valence-corrected chi connectivity index (χ4v) is 3.93. The number of benzene rings is 1. The number of hydrogen-bond acceptors (Lipinski definition) is 3. The first kappa shape index (κ1) is 14.9. The second-order valence-corrected chi connectivity index (χ2v) is 6.42. The summed E-state index contributed by atoms with van der Waals surface area (Å²) in [5, 5.41) is 9.60. The Labute approximate surface area is 129 Å². The lowest BCUT2D eigenvalue weighted by Gasteiger charge is -2.23. The van der Waals surface area contributed by atoms with Crippen LogP contribution in [0, 0.1) is 18.3 Å². The van der Waals surface area contributed by atoms with Gasteiger partial charge in [0.1, 0.15) is 5.75 Å². The fraction of sp³-hybridized carbons (Fsp3) is 0.529. The van der Waals surface area contributed by atoms with Gasteiger partial charge in [-0.3, -0.25) is 9.59 Å². The van der Waals surface area contributed by atoms with Gasteiger partial charge in [-0.15, -0.1) is 0 Å². The van der Waals surface area contributed by atoms with Crippen molar-refractivity contribution in [3.63, 3.8) is 0 Å². The van der Waals surface area contributed by atoms with Crippen molar-refractivity contribution in [1.29, 1.82) is 0 Å². The Bertz CT molecular complexity index is 627. The second kappa shape index (κ2) is 5.30. The first-order chi connectivity index (χ1) is 10.5. The number of carbonyl (C=O) groups excluding carboxylic acids is 1. The predicted molar refractivity (Wildman–Crippen MR) is 81.0 cm³/mol. The number of methoxy groups -OCH3 is 1. The number of carboxylic acid groups (broad SMARTS) is 1. The number of amides is 1. The van der Waals surface area contributed by atoms with Crippen LogP contribution in [0.15, 0.2) is 18.2 Å². The summed E-state index contributed by atoms with van der Waals surface area (Å²) in [6.45, 7) is 2.79. The van der Waals surface area contributed by atoms with Gasteiger partial charge in [0.2, 0.25) is 0 Å². The topological polar surface area (TPSA) is 66.8 Å². The molecule has 1 aliphatic carbocycles. The molecule has 1 aliphatic heterocycles. The van der Waals surface area contributed by atoms with Gasteiger partial charge in [-0.05, 0) is 43.4 Å². The molecule has 2 atom stereocenters. The predicted octanol–water partition coefficient (Wildman–Crippen LogP) is 2.33. The number of carbonyl (C=O) groups is 2.